The third-order valence-corrected chi connectivity index (χ3v) is 5.26. The van der Waals surface area contributed by atoms with Crippen molar-refractivity contribution in [3.63, 3.8) is 0 Å². The molecule has 1 aliphatic heterocycles. The van der Waals surface area contributed by atoms with Crippen molar-refractivity contribution in [2.24, 2.45) is 0 Å². The number of thiophene rings is 1. The predicted molar refractivity (Wildman–Crippen MR) is 104 cm³/mol. The van der Waals surface area contributed by atoms with E-state index in [2.05, 4.69) is 10.6 Å². The fraction of sp³-hybridized carbons (Fsp3) is 0.278. The van der Waals surface area contributed by atoms with Crippen LogP contribution in [0, 0.1) is 5.82 Å². The second kappa shape index (κ2) is 8.68. The van der Waals surface area contributed by atoms with Crippen LogP contribution in [0.1, 0.15) is 16.6 Å². The second-order valence-electron chi connectivity index (χ2n) is 6.05. The van der Waals surface area contributed by atoms with E-state index in [1.807, 2.05) is 0 Å². The minimum Gasteiger partial charge on any atom is -0.370 e. The lowest BCUT2D eigenvalue weighted by atomic mass is 10.2. The fourth-order valence-electron chi connectivity index (χ4n) is 2.60. The van der Waals surface area contributed by atoms with Crippen LogP contribution < -0.4 is 15.5 Å². The molecule has 0 aliphatic carbocycles. The number of amides is 3. The first-order valence-electron chi connectivity index (χ1n) is 8.40. The van der Waals surface area contributed by atoms with Crippen molar-refractivity contribution >= 4 is 52.0 Å². The van der Waals surface area contributed by atoms with Crippen LogP contribution in [0.2, 0.25) is 4.34 Å². The summed E-state index contributed by atoms with van der Waals surface area (Å²) in [6, 6.07) is 6.35. The highest BCUT2D eigenvalue weighted by molar-refractivity contribution is 7.18. The maximum atomic E-state index is 14.4. The summed E-state index contributed by atoms with van der Waals surface area (Å²) in [7, 11) is 0. The fourth-order valence-corrected chi connectivity index (χ4v) is 3.54. The number of halogens is 2. The summed E-state index contributed by atoms with van der Waals surface area (Å²) in [4.78, 5) is 37.9. The quantitative estimate of drug-likeness (QED) is 0.771. The van der Waals surface area contributed by atoms with E-state index in [0.717, 1.165) is 17.4 Å². The number of rotatable bonds is 5. The van der Waals surface area contributed by atoms with Crippen LogP contribution in [-0.2, 0) is 14.3 Å². The van der Waals surface area contributed by atoms with Gasteiger partial charge in [-0.25, -0.2) is 4.39 Å². The predicted octanol–water partition coefficient (Wildman–Crippen LogP) is 2.66. The van der Waals surface area contributed by atoms with Crippen molar-refractivity contribution in [3.8, 4) is 0 Å². The van der Waals surface area contributed by atoms with Gasteiger partial charge in [0.1, 0.15) is 18.5 Å². The molecule has 7 nitrogen and oxygen atoms in total. The van der Waals surface area contributed by atoms with E-state index >= 15 is 0 Å². The Morgan fingerprint density at radius 2 is 2.11 bits per heavy atom. The number of nitrogens with zero attached hydrogens (tertiary/aromatic N) is 1. The molecule has 28 heavy (non-hydrogen) atoms. The Morgan fingerprint density at radius 1 is 1.32 bits per heavy atom. The highest BCUT2D eigenvalue weighted by Crippen LogP contribution is 2.24. The number of carbonyl (C=O) groups is 3. The van der Waals surface area contributed by atoms with Crippen molar-refractivity contribution in [2.75, 3.05) is 30.0 Å². The van der Waals surface area contributed by atoms with Crippen molar-refractivity contribution in [3.05, 3.63) is 45.4 Å². The molecule has 1 aromatic carbocycles. The van der Waals surface area contributed by atoms with Gasteiger partial charge in [-0.15, -0.1) is 11.3 Å². The summed E-state index contributed by atoms with van der Waals surface area (Å²) >= 11 is 6.90. The summed E-state index contributed by atoms with van der Waals surface area (Å²) in [6.07, 6.45) is 0. The Bertz CT molecular complexity index is 920. The molecular formula is C18H17ClFN3O4S. The van der Waals surface area contributed by atoms with E-state index in [4.69, 9.17) is 16.3 Å². The highest BCUT2D eigenvalue weighted by atomic mass is 35.5. The standard InChI is InChI=1S/C18H17ClFN3O4S/c1-10(21-18(26)14-4-5-15(19)28-14)17(25)22-11-2-3-13(12(20)8-11)23-6-7-27-9-16(23)24/h2-5,8,10H,6-7,9H2,1H3,(H,21,26)(H,22,25). The summed E-state index contributed by atoms with van der Waals surface area (Å²) in [5.41, 5.74) is 0.342. The SMILES string of the molecule is CC(NC(=O)c1ccc(Cl)s1)C(=O)Nc1ccc(N2CCOCC2=O)c(F)c1. The number of morpholine rings is 1. The first-order chi connectivity index (χ1) is 13.3. The molecule has 3 rings (SSSR count). The van der Waals surface area contributed by atoms with Crippen LogP contribution in [0.15, 0.2) is 30.3 Å². The number of ether oxygens (including phenoxy) is 1. The molecule has 148 valence electrons. The second-order valence-corrected chi connectivity index (χ2v) is 7.77. The summed E-state index contributed by atoms with van der Waals surface area (Å²) < 4.78 is 19.9. The van der Waals surface area contributed by atoms with E-state index in [0.29, 0.717) is 15.8 Å². The van der Waals surface area contributed by atoms with Gasteiger partial charge in [0.2, 0.25) is 5.91 Å². The molecule has 1 fully saturated rings. The minimum atomic E-state index is -0.850. The summed E-state index contributed by atoms with van der Waals surface area (Å²) in [5.74, 6) is -1.90. The van der Waals surface area contributed by atoms with E-state index in [9.17, 15) is 18.8 Å². The molecule has 2 heterocycles. The number of hydrogen-bond acceptors (Lipinski definition) is 5. The van der Waals surface area contributed by atoms with E-state index in [-0.39, 0.29) is 30.4 Å². The first kappa shape index (κ1) is 20.2. The van der Waals surface area contributed by atoms with Crippen LogP contribution >= 0.6 is 22.9 Å². The van der Waals surface area contributed by atoms with Gasteiger partial charge in [0.05, 0.1) is 21.5 Å². The van der Waals surface area contributed by atoms with Gasteiger partial charge >= 0.3 is 0 Å². The topological polar surface area (TPSA) is 87.7 Å². The Hall–Kier alpha value is -2.49. The van der Waals surface area contributed by atoms with Crippen molar-refractivity contribution in [1.82, 2.24) is 5.32 Å². The number of nitrogens with one attached hydrogen (secondary N) is 2. The molecule has 3 amide bonds. The number of anilines is 2. The molecule has 1 aliphatic rings. The molecule has 0 saturated carbocycles. The maximum Gasteiger partial charge on any atom is 0.262 e. The molecule has 0 spiro atoms. The molecule has 1 unspecified atom stereocenters. The van der Waals surface area contributed by atoms with Crippen LogP contribution in [-0.4, -0.2) is 43.5 Å². The summed E-state index contributed by atoms with van der Waals surface area (Å²) in [5, 5.41) is 5.09. The largest absolute Gasteiger partial charge is 0.370 e. The van der Waals surface area contributed by atoms with Gasteiger partial charge in [-0.3, -0.25) is 14.4 Å². The molecule has 0 bridgehead atoms. The molecule has 1 aromatic heterocycles. The number of benzene rings is 1. The van der Waals surface area contributed by atoms with Gasteiger partial charge in [0.25, 0.3) is 11.8 Å². The molecule has 1 saturated heterocycles. The van der Waals surface area contributed by atoms with Crippen LogP contribution in [0.25, 0.3) is 0 Å². The third-order valence-electron chi connectivity index (χ3n) is 4.03. The molecule has 2 N–H and O–H groups in total. The molecule has 0 radical (unpaired) electrons. The summed E-state index contributed by atoms with van der Waals surface area (Å²) in [6.45, 7) is 2.01. The maximum absolute atomic E-state index is 14.4. The molecule has 1 atom stereocenters. The van der Waals surface area contributed by atoms with Crippen molar-refractivity contribution in [1.29, 1.82) is 0 Å². The normalized spacial score (nSPS) is 15.2. The van der Waals surface area contributed by atoms with E-state index in [1.54, 1.807) is 12.1 Å². The Morgan fingerprint density at radius 3 is 2.75 bits per heavy atom. The average Bonchev–Trinajstić information content (AvgIpc) is 3.09. The van der Waals surface area contributed by atoms with Crippen molar-refractivity contribution < 1.29 is 23.5 Å². The zero-order valence-corrected chi connectivity index (χ0v) is 16.4. The lowest BCUT2D eigenvalue weighted by Crippen LogP contribution is -2.42. The Balaban J connectivity index is 1.62. The van der Waals surface area contributed by atoms with Gasteiger partial charge in [-0.2, -0.15) is 0 Å². The first-order valence-corrected chi connectivity index (χ1v) is 9.59. The van der Waals surface area contributed by atoms with Crippen LogP contribution in [0.4, 0.5) is 15.8 Å². The third kappa shape index (κ3) is 4.67. The van der Waals surface area contributed by atoms with E-state index in [1.165, 1.54) is 24.0 Å². The average molecular weight is 426 g/mol. The van der Waals surface area contributed by atoms with Gasteiger partial charge < -0.3 is 20.3 Å². The number of hydrogen-bond donors (Lipinski definition) is 2. The Kier molecular flexibility index (Phi) is 6.28. The lowest BCUT2D eigenvalue weighted by molar-refractivity contribution is -0.125. The smallest absolute Gasteiger partial charge is 0.262 e. The lowest BCUT2D eigenvalue weighted by Gasteiger charge is -2.27. The zero-order valence-electron chi connectivity index (χ0n) is 14.8. The van der Waals surface area contributed by atoms with Gasteiger partial charge in [-0.1, -0.05) is 11.6 Å². The van der Waals surface area contributed by atoms with Gasteiger partial charge in [0.15, 0.2) is 0 Å². The monoisotopic (exact) mass is 425 g/mol. The molecule has 10 heteroatoms. The van der Waals surface area contributed by atoms with Crippen LogP contribution in [0.3, 0.4) is 0 Å². The minimum absolute atomic E-state index is 0.0927. The zero-order chi connectivity index (χ0) is 20.3. The highest BCUT2D eigenvalue weighted by Gasteiger charge is 2.23. The molecule has 2 aromatic rings. The van der Waals surface area contributed by atoms with Crippen LogP contribution in [0.5, 0.6) is 0 Å². The van der Waals surface area contributed by atoms with E-state index < -0.39 is 23.7 Å². The Labute approximate surface area is 169 Å². The number of carbonyl (C=O) groups excluding carboxylic acids is 3. The van der Waals surface area contributed by atoms with Gasteiger partial charge in [0, 0.05) is 12.2 Å². The van der Waals surface area contributed by atoms with Crippen molar-refractivity contribution in [2.45, 2.75) is 13.0 Å². The van der Waals surface area contributed by atoms with Gasteiger partial charge in [-0.05, 0) is 37.3 Å². The molecular weight excluding hydrogens is 409 g/mol.